The summed E-state index contributed by atoms with van der Waals surface area (Å²) in [5, 5.41) is 8.93. The summed E-state index contributed by atoms with van der Waals surface area (Å²) in [6, 6.07) is -0.539. The number of benzene rings is 2. The largest absolute Gasteiger partial charge is 0.480 e. The van der Waals surface area contributed by atoms with Crippen LogP contribution in [0, 0.1) is 0 Å². The Morgan fingerprint density at radius 2 is 0.947 bits per heavy atom. The van der Waals surface area contributed by atoms with Crippen molar-refractivity contribution >= 4 is 5.97 Å². The summed E-state index contributed by atoms with van der Waals surface area (Å²) in [5.41, 5.74) is -2.66. The Hall–Kier alpha value is -3.01. The van der Waals surface area contributed by atoms with Crippen LogP contribution in [-0.4, -0.2) is 28.6 Å². The molecule has 0 aliphatic rings. The number of rotatable bonds is 8. The van der Waals surface area contributed by atoms with Gasteiger partial charge < -0.3 is 10.8 Å². The van der Waals surface area contributed by atoms with Crippen LogP contribution in [-0.2, 0) is 42.6 Å². The summed E-state index contributed by atoms with van der Waals surface area (Å²) < 4.78 is 158. The number of carboxylic acids is 1. The van der Waals surface area contributed by atoms with E-state index in [1.165, 1.54) is 0 Å². The maximum atomic E-state index is 13.2. The third-order valence-electron chi connectivity index (χ3n) is 5.18. The number of halogens is 12. The van der Waals surface area contributed by atoms with Crippen molar-refractivity contribution in [1.82, 2.24) is 4.90 Å². The zero-order valence-corrected chi connectivity index (χ0v) is 18.8. The van der Waals surface area contributed by atoms with Gasteiger partial charge in [-0.05, 0) is 53.9 Å². The molecule has 0 aliphatic heterocycles. The minimum atomic E-state index is -5.21. The van der Waals surface area contributed by atoms with E-state index in [1.807, 2.05) is 0 Å². The highest BCUT2D eigenvalue weighted by Crippen LogP contribution is 2.38. The van der Waals surface area contributed by atoms with Gasteiger partial charge in [-0.25, -0.2) is 0 Å². The van der Waals surface area contributed by atoms with Crippen LogP contribution in [0.5, 0.6) is 0 Å². The Morgan fingerprint density at radius 1 is 0.658 bits per heavy atom. The molecule has 0 saturated heterocycles. The van der Waals surface area contributed by atoms with Crippen molar-refractivity contribution in [3.63, 3.8) is 0 Å². The molecule has 16 heteroatoms. The summed E-state index contributed by atoms with van der Waals surface area (Å²) >= 11 is 0. The summed E-state index contributed by atoms with van der Waals surface area (Å²) in [6.07, 6.45) is -21.3. The van der Waals surface area contributed by atoms with Crippen molar-refractivity contribution in [2.75, 3.05) is 6.54 Å². The van der Waals surface area contributed by atoms with E-state index in [-0.39, 0.29) is 12.1 Å². The van der Waals surface area contributed by atoms with Gasteiger partial charge in [0.15, 0.2) is 0 Å². The standard InChI is InChI=1S/C22H18F12N2O2/c23-19(24,25)13-3-11(4-14(7-13)20(26,27)28)9-36(2-1-17(35)18(37)38)10-12-5-15(21(29,30)31)8-16(6-12)22(32,33)34/h3-8,17H,1-2,9-10,35H2,(H,37,38). The maximum absolute atomic E-state index is 13.2. The average Bonchev–Trinajstić information content (AvgIpc) is 2.74. The van der Waals surface area contributed by atoms with Crippen LogP contribution in [0.25, 0.3) is 0 Å². The molecule has 0 bridgehead atoms. The maximum Gasteiger partial charge on any atom is 0.416 e. The third-order valence-corrected chi connectivity index (χ3v) is 5.18. The Labute approximate surface area is 206 Å². The topological polar surface area (TPSA) is 66.6 Å². The number of carbonyl (C=O) groups is 1. The van der Waals surface area contributed by atoms with Crippen molar-refractivity contribution < 1.29 is 62.6 Å². The van der Waals surface area contributed by atoms with Crippen molar-refractivity contribution in [2.45, 2.75) is 50.3 Å². The molecule has 0 spiro atoms. The molecule has 0 saturated carbocycles. The molecule has 38 heavy (non-hydrogen) atoms. The molecule has 2 rings (SSSR count). The minimum Gasteiger partial charge on any atom is -0.480 e. The van der Waals surface area contributed by atoms with Gasteiger partial charge in [-0.2, -0.15) is 52.7 Å². The van der Waals surface area contributed by atoms with Gasteiger partial charge in [0, 0.05) is 19.6 Å². The molecule has 0 aliphatic carbocycles. The Morgan fingerprint density at radius 3 is 1.18 bits per heavy atom. The van der Waals surface area contributed by atoms with E-state index in [0.29, 0.717) is 24.3 Å². The summed E-state index contributed by atoms with van der Waals surface area (Å²) in [4.78, 5) is 11.9. The molecule has 1 atom stereocenters. The second kappa shape index (κ2) is 11.0. The van der Waals surface area contributed by atoms with Gasteiger partial charge in [-0.1, -0.05) is 0 Å². The lowest BCUT2D eigenvalue weighted by Gasteiger charge is -2.25. The number of carboxylic acid groups (broad SMARTS) is 1. The first-order chi connectivity index (χ1) is 17.1. The fourth-order valence-corrected chi connectivity index (χ4v) is 3.40. The van der Waals surface area contributed by atoms with E-state index in [1.54, 1.807) is 0 Å². The number of nitrogens with zero attached hydrogens (tertiary/aromatic N) is 1. The molecule has 1 unspecified atom stereocenters. The summed E-state index contributed by atoms with van der Waals surface area (Å²) in [7, 11) is 0. The lowest BCUT2D eigenvalue weighted by atomic mass is 10.0. The zero-order chi connectivity index (χ0) is 29.3. The van der Waals surface area contributed by atoms with Gasteiger partial charge >= 0.3 is 30.7 Å². The number of hydrogen-bond acceptors (Lipinski definition) is 3. The monoisotopic (exact) mass is 570 g/mol. The molecule has 4 nitrogen and oxygen atoms in total. The van der Waals surface area contributed by atoms with Crippen LogP contribution in [0.4, 0.5) is 52.7 Å². The summed E-state index contributed by atoms with van der Waals surface area (Å²) in [5.74, 6) is -1.54. The Bertz CT molecular complexity index is 995. The van der Waals surface area contributed by atoms with Crippen LogP contribution in [0.3, 0.4) is 0 Å². The van der Waals surface area contributed by atoms with E-state index in [0.717, 1.165) is 4.90 Å². The van der Waals surface area contributed by atoms with Gasteiger partial charge in [-0.15, -0.1) is 0 Å². The van der Waals surface area contributed by atoms with E-state index >= 15 is 0 Å². The van der Waals surface area contributed by atoms with Crippen molar-refractivity contribution in [2.24, 2.45) is 5.73 Å². The lowest BCUT2D eigenvalue weighted by Crippen LogP contribution is -2.35. The second-order valence-electron chi connectivity index (χ2n) is 8.27. The number of nitrogens with two attached hydrogens (primary N) is 1. The van der Waals surface area contributed by atoms with E-state index in [2.05, 4.69) is 0 Å². The molecule has 0 heterocycles. The van der Waals surface area contributed by atoms with Crippen LogP contribution < -0.4 is 5.73 Å². The van der Waals surface area contributed by atoms with Crippen LogP contribution in [0.15, 0.2) is 36.4 Å². The molecular formula is C22H18F12N2O2. The van der Waals surface area contributed by atoms with Crippen molar-refractivity contribution in [3.05, 3.63) is 69.8 Å². The summed E-state index contributed by atoms with van der Waals surface area (Å²) in [6.45, 7) is -2.16. The minimum absolute atomic E-state index is 0.156. The number of alkyl halides is 12. The molecular weight excluding hydrogens is 552 g/mol. The second-order valence-corrected chi connectivity index (χ2v) is 8.27. The third kappa shape index (κ3) is 8.79. The highest BCUT2D eigenvalue weighted by Gasteiger charge is 2.38. The molecule has 0 amide bonds. The molecule has 0 aromatic heterocycles. The van der Waals surface area contributed by atoms with Gasteiger partial charge in [0.2, 0.25) is 0 Å². The number of hydrogen-bond donors (Lipinski definition) is 2. The van der Waals surface area contributed by atoms with Gasteiger partial charge in [0.1, 0.15) is 6.04 Å². The first-order valence-electron chi connectivity index (χ1n) is 10.3. The van der Waals surface area contributed by atoms with E-state index < -0.39 is 96.2 Å². The van der Waals surface area contributed by atoms with Crippen LogP contribution in [0.2, 0.25) is 0 Å². The molecule has 2 aromatic carbocycles. The first-order valence-corrected chi connectivity index (χ1v) is 10.3. The Balaban J connectivity index is 2.55. The molecule has 212 valence electrons. The van der Waals surface area contributed by atoms with Gasteiger partial charge in [0.05, 0.1) is 22.3 Å². The SMILES string of the molecule is NC(CCN(Cc1cc(C(F)(F)F)cc(C(F)(F)F)c1)Cc1cc(C(F)(F)F)cc(C(F)(F)F)c1)C(=O)O. The molecule has 3 N–H and O–H groups in total. The fourth-order valence-electron chi connectivity index (χ4n) is 3.40. The molecule has 0 radical (unpaired) electrons. The van der Waals surface area contributed by atoms with E-state index in [9.17, 15) is 57.5 Å². The first kappa shape index (κ1) is 31.2. The highest BCUT2D eigenvalue weighted by atomic mass is 19.4. The highest BCUT2D eigenvalue weighted by molar-refractivity contribution is 5.73. The smallest absolute Gasteiger partial charge is 0.416 e. The van der Waals surface area contributed by atoms with Gasteiger partial charge in [0.25, 0.3) is 0 Å². The van der Waals surface area contributed by atoms with Crippen molar-refractivity contribution in [3.8, 4) is 0 Å². The van der Waals surface area contributed by atoms with Crippen molar-refractivity contribution in [1.29, 1.82) is 0 Å². The van der Waals surface area contributed by atoms with Gasteiger partial charge in [-0.3, -0.25) is 9.69 Å². The number of aliphatic carboxylic acids is 1. The quantitative estimate of drug-likeness (QED) is 0.353. The van der Waals surface area contributed by atoms with Crippen LogP contribution in [0.1, 0.15) is 39.8 Å². The average molecular weight is 570 g/mol. The Kier molecular flexibility index (Phi) is 9.03. The molecule has 2 aromatic rings. The lowest BCUT2D eigenvalue weighted by molar-refractivity contribution is -0.144. The van der Waals surface area contributed by atoms with Crippen LogP contribution >= 0.6 is 0 Å². The normalized spacial score (nSPS) is 14.2. The zero-order valence-electron chi connectivity index (χ0n) is 18.8. The molecule has 0 fully saturated rings. The predicted molar refractivity (Wildman–Crippen MR) is 107 cm³/mol. The fraction of sp³-hybridized carbons (Fsp3) is 0.409. The predicted octanol–water partition coefficient (Wildman–Crippen LogP) is 6.57. The van der Waals surface area contributed by atoms with E-state index in [4.69, 9.17) is 10.8 Å².